The van der Waals surface area contributed by atoms with Gasteiger partial charge < -0.3 is 5.32 Å². The number of hydrogen-bond donors (Lipinski definition) is 1. The first kappa shape index (κ1) is 20.1. The van der Waals surface area contributed by atoms with Crippen molar-refractivity contribution in [3.63, 3.8) is 0 Å². The standard InChI is InChI=1S/C22H31N3O/c1-18(2)25(17-21-9-5-4-6-10-21)16-19(3)24-22(26)13-7-11-20-12-8-14-23-15-20/h4-6,8-10,12,14-15,18-19H,7,11,13,16-17H2,1-3H3,(H,24,26). The molecule has 0 spiro atoms. The molecule has 0 bridgehead atoms. The highest BCUT2D eigenvalue weighted by atomic mass is 16.1. The highest BCUT2D eigenvalue weighted by Crippen LogP contribution is 2.09. The molecule has 1 N–H and O–H groups in total. The molecule has 0 saturated carbocycles. The van der Waals surface area contributed by atoms with Crippen molar-refractivity contribution in [1.82, 2.24) is 15.2 Å². The van der Waals surface area contributed by atoms with Crippen molar-refractivity contribution in [2.45, 2.75) is 58.7 Å². The van der Waals surface area contributed by atoms with E-state index in [1.54, 1.807) is 6.20 Å². The fraction of sp³-hybridized carbons (Fsp3) is 0.455. The monoisotopic (exact) mass is 353 g/mol. The van der Waals surface area contributed by atoms with Crippen LogP contribution in [0, 0.1) is 0 Å². The Balaban J connectivity index is 1.74. The van der Waals surface area contributed by atoms with Crippen LogP contribution in [-0.4, -0.2) is 34.4 Å². The number of hydrogen-bond acceptors (Lipinski definition) is 3. The van der Waals surface area contributed by atoms with Gasteiger partial charge in [0.15, 0.2) is 0 Å². The summed E-state index contributed by atoms with van der Waals surface area (Å²) in [6, 6.07) is 15.0. The molecule has 2 rings (SSSR count). The number of aryl methyl sites for hydroxylation is 1. The van der Waals surface area contributed by atoms with Crippen LogP contribution in [0.2, 0.25) is 0 Å². The third-order valence-corrected chi connectivity index (χ3v) is 4.47. The van der Waals surface area contributed by atoms with E-state index in [1.807, 2.05) is 18.3 Å². The summed E-state index contributed by atoms with van der Waals surface area (Å²) in [4.78, 5) is 18.7. The van der Waals surface area contributed by atoms with Crippen LogP contribution in [0.4, 0.5) is 0 Å². The summed E-state index contributed by atoms with van der Waals surface area (Å²) in [6.07, 6.45) is 5.93. The van der Waals surface area contributed by atoms with Gasteiger partial charge in [-0.1, -0.05) is 36.4 Å². The second-order valence-electron chi connectivity index (χ2n) is 7.19. The summed E-state index contributed by atoms with van der Waals surface area (Å²) in [5, 5.41) is 3.14. The minimum absolute atomic E-state index is 0.129. The van der Waals surface area contributed by atoms with Crippen LogP contribution < -0.4 is 5.32 Å². The molecule has 4 heteroatoms. The Morgan fingerprint density at radius 1 is 1.08 bits per heavy atom. The Bertz CT molecular complexity index is 643. The molecule has 1 aromatic carbocycles. The Kier molecular flexibility index (Phi) is 8.29. The lowest BCUT2D eigenvalue weighted by Crippen LogP contribution is -2.44. The molecule has 0 fully saturated rings. The molecule has 0 radical (unpaired) electrons. The number of amides is 1. The van der Waals surface area contributed by atoms with Crippen molar-refractivity contribution in [3.05, 3.63) is 66.0 Å². The van der Waals surface area contributed by atoms with E-state index < -0.39 is 0 Å². The third kappa shape index (κ3) is 7.36. The number of carbonyl (C=O) groups excluding carboxylic acids is 1. The quantitative estimate of drug-likeness (QED) is 0.706. The topological polar surface area (TPSA) is 45.2 Å². The molecule has 1 heterocycles. The molecule has 0 aliphatic carbocycles. The molecule has 0 saturated heterocycles. The van der Waals surface area contributed by atoms with Crippen molar-refractivity contribution in [3.8, 4) is 0 Å². The fourth-order valence-corrected chi connectivity index (χ4v) is 3.02. The van der Waals surface area contributed by atoms with Crippen molar-refractivity contribution < 1.29 is 4.79 Å². The first-order chi connectivity index (χ1) is 12.5. The summed E-state index contributed by atoms with van der Waals surface area (Å²) < 4.78 is 0. The lowest BCUT2D eigenvalue weighted by molar-refractivity contribution is -0.121. The normalized spacial score (nSPS) is 12.3. The zero-order valence-electron chi connectivity index (χ0n) is 16.2. The molecule has 1 aromatic heterocycles. The average molecular weight is 354 g/mol. The van der Waals surface area contributed by atoms with E-state index in [1.165, 1.54) is 11.1 Å². The van der Waals surface area contributed by atoms with E-state index in [4.69, 9.17) is 0 Å². The van der Waals surface area contributed by atoms with Gasteiger partial charge in [0.25, 0.3) is 0 Å². The summed E-state index contributed by atoms with van der Waals surface area (Å²) in [6.45, 7) is 8.23. The van der Waals surface area contributed by atoms with Gasteiger partial charge in [0.2, 0.25) is 5.91 Å². The van der Waals surface area contributed by atoms with Crippen LogP contribution in [0.1, 0.15) is 44.7 Å². The van der Waals surface area contributed by atoms with E-state index in [2.05, 4.69) is 66.3 Å². The predicted molar refractivity (Wildman–Crippen MR) is 107 cm³/mol. The van der Waals surface area contributed by atoms with Gasteiger partial charge in [0.05, 0.1) is 0 Å². The maximum Gasteiger partial charge on any atom is 0.220 e. The van der Waals surface area contributed by atoms with Gasteiger partial charge in [-0.25, -0.2) is 0 Å². The van der Waals surface area contributed by atoms with E-state index >= 15 is 0 Å². The maximum atomic E-state index is 12.2. The first-order valence-electron chi connectivity index (χ1n) is 9.51. The van der Waals surface area contributed by atoms with E-state index in [-0.39, 0.29) is 11.9 Å². The molecular weight excluding hydrogens is 322 g/mol. The van der Waals surface area contributed by atoms with Crippen molar-refractivity contribution in [2.24, 2.45) is 0 Å². The van der Waals surface area contributed by atoms with Gasteiger partial charge in [-0.15, -0.1) is 0 Å². The van der Waals surface area contributed by atoms with Gasteiger partial charge in [0.1, 0.15) is 0 Å². The second kappa shape index (κ2) is 10.7. The van der Waals surface area contributed by atoms with Crippen LogP contribution in [0.15, 0.2) is 54.9 Å². The molecule has 1 unspecified atom stereocenters. The number of pyridine rings is 1. The molecule has 2 aromatic rings. The Hall–Kier alpha value is -2.20. The zero-order chi connectivity index (χ0) is 18.8. The molecule has 140 valence electrons. The minimum Gasteiger partial charge on any atom is -0.352 e. The Morgan fingerprint density at radius 3 is 2.46 bits per heavy atom. The molecule has 1 atom stereocenters. The van der Waals surface area contributed by atoms with Gasteiger partial charge in [-0.2, -0.15) is 0 Å². The molecule has 0 aliphatic rings. The van der Waals surface area contributed by atoms with Crippen LogP contribution in [0.5, 0.6) is 0 Å². The number of carbonyl (C=O) groups is 1. The summed E-state index contributed by atoms with van der Waals surface area (Å²) in [5.41, 5.74) is 2.48. The number of benzene rings is 1. The SMILES string of the molecule is CC(CN(Cc1ccccc1)C(C)C)NC(=O)CCCc1cccnc1. The molecule has 1 amide bonds. The summed E-state index contributed by atoms with van der Waals surface area (Å²) in [7, 11) is 0. The van der Waals surface area contributed by atoms with Crippen LogP contribution in [0.3, 0.4) is 0 Å². The van der Waals surface area contributed by atoms with E-state index in [0.29, 0.717) is 12.5 Å². The minimum atomic E-state index is 0.129. The lowest BCUT2D eigenvalue weighted by Gasteiger charge is -2.29. The fourth-order valence-electron chi connectivity index (χ4n) is 3.02. The molecule has 4 nitrogen and oxygen atoms in total. The molecular formula is C22H31N3O. The maximum absolute atomic E-state index is 12.2. The molecule has 26 heavy (non-hydrogen) atoms. The van der Waals surface area contributed by atoms with Gasteiger partial charge >= 0.3 is 0 Å². The Labute approximate surface area is 157 Å². The lowest BCUT2D eigenvalue weighted by atomic mass is 10.1. The van der Waals surface area contributed by atoms with Crippen LogP contribution in [0.25, 0.3) is 0 Å². The largest absolute Gasteiger partial charge is 0.352 e. The molecule has 0 aliphatic heterocycles. The number of nitrogens with one attached hydrogen (secondary N) is 1. The number of rotatable bonds is 10. The van der Waals surface area contributed by atoms with Crippen LogP contribution >= 0.6 is 0 Å². The summed E-state index contributed by atoms with van der Waals surface area (Å²) >= 11 is 0. The first-order valence-corrected chi connectivity index (χ1v) is 9.51. The van der Waals surface area contributed by atoms with Crippen molar-refractivity contribution in [2.75, 3.05) is 6.54 Å². The number of nitrogens with zero attached hydrogens (tertiary/aromatic N) is 2. The zero-order valence-corrected chi connectivity index (χ0v) is 16.2. The highest BCUT2D eigenvalue weighted by Gasteiger charge is 2.15. The van der Waals surface area contributed by atoms with Crippen molar-refractivity contribution >= 4 is 5.91 Å². The average Bonchev–Trinajstić information content (AvgIpc) is 2.62. The highest BCUT2D eigenvalue weighted by molar-refractivity contribution is 5.76. The van der Waals surface area contributed by atoms with Crippen molar-refractivity contribution in [1.29, 1.82) is 0 Å². The van der Waals surface area contributed by atoms with Gasteiger partial charge in [-0.05, 0) is 50.8 Å². The van der Waals surface area contributed by atoms with Gasteiger partial charge in [-0.3, -0.25) is 14.7 Å². The van der Waals surface area contributed by atoms with Gasteiger partial charge in [0, 0.05) is 44.0 Å². The Morgan fingerprint density at radius 2 is 1.81 bits per heavy atom. The van der Waals surface area contributed by atoms with E-state index in [0.717, 1.165) is 25.9 Å². The predicted octanol–water partition coefficient (Wildman–Crippen LogP) is 3.82. The third-order valence-electron chi connectivity index (χ3n) is 4.47. The van der Waals surface area contributed by atoms with E-state index in [9.17, 15) is 4.79 Å². The van der Waals surface area contributed by atoms with Crippen LogP contribution in [-0.2, 0) is 17.8 Å². The second-order valence-corrected chi connectivity index (χ2v) is 7.19. The smallest absolute Gasteiger partial charge is 0.220 e. The summed E-state index contributed by atoms with van der Waals surface area (Å²) in [5.74, 6) is 0.129. The number of aromatic nitrogens is 1.